The van der Waals surface area contributed by atoms with Crippen molar-refractivity contribution in [1.29, 1.82) is 0 Å². The Hall–Kier alpha value is -1.59. The largest absolute Gasteiger partial charge is 0.389 e. The quantitative estimate of drug-likeness (QED) is 0.885. The maximum Gasteiger partial charge on any atom is 0.261 e. The molecule has 1 aromatic heterocycles. The molecule has 2 heterocycles. The van der Waals surface area contributed by atoms with Gasteiger partial charge in [-0.3, -0.25) is 4.79 Å². The first-order valence-corrected chi connectivity index (χ1v) is 8.19. The fourth-order valence-electron chi connectivity index (χ4n) is 2.69. The summed E-state index contributed by atoms with van der Waals surface area (Å²) in [4.78, 5) is 14.0. The van der Waals surface area contributed by atoms with E-state index in [-0.39, 0.29) is 10.5 Å². The number of pyridine rings is 1. The Morgan fingerprint density at radius 3 is 2.90 bits per heavy atom. The third-order valence-corrected chi connectivity index (χ3v) is 5.33. The van der Waals surface area contributed by atoms with Gasteiger partial charge in [-0.15, -0.1) is 11.8 Å². The lowest BCUT2D eigenvalue weighted by Crippen LogP contribution is -2.31. The molecular weight excluding hydrogens is 300 g/mol. The Bertz CT molecular complexity index is 767. The van der Waals surface area contributed by atoms with Gasteiger partial charge < -0.3 is 10.3 Å². The first-order chi connectivity index (χ1) is 10.1. The van der Waals surface area contributed by atoms with Crippen LogP contribution in [0, 0.1) is 6.92 Å². The second-order valence-corrected chi connectivity index (χ2v) is 6.72. The zero-order valence-electron chi connectivity index (χ0n) is 11.7. The van der Waals surface area contributed by atoms with E-state index in [0.717, 1.165) is 11.4 Å². The number of thiocarbonyl (C=S) groups is 1. The maximum atomic E-state index is 12.5. The van der Waals surface area contributed by atoms with Gasteiger partial charge in [0.1, 0.15) is 4.99 Å². The summed E-state index contributed by atoms with van der Waals surface area (Å²) in [7, 11) is 0. The summed E-state index contributed by atoms with van der Waals surface area (Å²) < 4.78 is 1.79. The minimum absolute atomic E-state index is 0.0862. The van der Waals surface area contributed by atoms with E-state index in [9.17, 15) is 4.79 Å². The molecule has 3 nitrogen and oxygen atoms in total. The normalized spacial score (nSPS) is 16.7. The molecule has 1 aromatic carbocycles. The lowest BCUT2D eigenvalue weighted by Gasteiger charge is -2.16. The number of hydrogen-bond donors (Lipinski definition) is 1. The maximum absolute atomic E-state index is 12.5. The molecule has 108 valence electrons. The summed E-state index contributed by atoms with van der Waals surface area (Å²) >= 11 is 6.81. The smallest absolute Gasteiger partial charge is 0.261 e. The molecule has 3 rings (SSSR count). The van der Waals surface area contributed by atoms with Crippen molar-refractivity contribution < 1.29 is 0 Å². The van der Waals surface area contributed by atoms with Crippen LogP contribution < -0.4 is 11.3 Å². The number of benzene rings is 1. The molecule has 5 heteroatoms. The number of hydrogen-bond acceptors (Lipinski definition) is 3. The van der Waals surface area contributed by atoms with E-state index in [1.807, 2.05) is 24.8 Å². The highest BCUT2D eigenvalue weighted by Crippen LogP contribution is 2.39. The Labute approximate surface area is 133 Å². The molecule has 0 saturated heterocycles. The Morgan fingerprint density at radius 2 is 2.14 bits per heavy atom. The molecule has 0 fully saturated rings. The molecule has 1 unspecified atom stereocenters. The fourth-order valence-corrected chi connectivity index (χ4v) is 4.08. The van der Waals surface area contributed by atoms with Crippen LogP contribution >= 0.6 is 24.0 Å². The summed E-state index contributed by atoms with van der Waals surface area (Å²) in [6.45, 7) is 2.61. The topological polar surface area (TPSA) is 48.0 Å². The average Bonchev–Trinajstić information content (AvgIpc) is 2.86. The van der Waals surface area contributed by atoms with Gasteiger partial charge >= 0.3 is 0 Å². The molecule has 0 spiro atoms. The first-order valence-electron chi connectivity index (χ1n) is 6.80. The molecule has 2 aromatic rings. The minimum Gasteiger partial charge on any atom is -0.389 e. The van der Waals surface area contributed by atoms with Gasteiger partial charge in [0.25, 0.3) is 5.56 Å². The molecule has 0 bridgehead atoms. The van der Waals surface area contributed by atoms with Crippen molar-refractivity contribution in [2.45, 2.75) is 24.3 Å². The monoisotopic (exact) mass is 316 g/mol. The van der Waals surface area contributed by atoms with Crippen LogP contribution in [0.3, 0.4) is 0 Å². The second kappa shape index (κ2) is 5.66. The molecule has 2 N–H and O–H groups in total. The van der Waals surface area contributed by atoms with Crippen molar-refractivity contribution in [3.05, 3.63) is 63.6 Å². The molecule has 0 aliphatic carbocycles. The number of aromatic nitrogens is 1. The van der Waals surface area contributed by atoms with Crippen LogP contribution in [0.15, 0.2) is 46.1 Å². The molecule has 1 aliphatic rings. The number of aryl methyl sites for hydroxylation is 1. The van der Waals surface area contributed by atoms with Crippen LogP contribution in [0.4, 0.5) is 0 Å². The lowest BCUT2D eigenvalue weighted by molar-refractivity contribution is 0.574. The average molecular weight is 316 g/mol. The summed E-state index contributed by atoms with van der Waals surface area (Å²) in [6.07, 6.45) is 0. The summed E-state index contributed by atoms with van der Waals surface area (Å²) in [6, 6.07) is 12.0. The Balaban J connectivity index is 1.98. The molecule has 0 radical (unpaired) electrons. The van der Waals surface area contributed by atoms with E-state index in [4.69, 9.17) is 18.0 Å². The van der Waals surface area contributed by atoms with Crippen molar-refractivity contribution in [2.75, 3.05) is 5.75 Å². The van der Waals surface area contributed by atoms with E-state index in [2.05, 4.69) is 24.3 Å². The highest BCUT2D eigenvalue weighted by Gasteiger charge is 2.24. The van der Waals surface area contributed by atoms with Gasteiger partial charge in [0.05, 0.1) is 5.56 Å². The summed E-state index contributed by atoms with van der Waals surface area (Å²) in [5.41, 5.74) is 8.24. The Morgan fingerprint density at radius 1 is 1.38 bits per heavy atom. The predicted octanol–water partition coefficient (Wildman–Crippen LogP) is 2.68. The minimum atomic E-state index is -0.0862. The van der Waals surface area contributed by atoms with Gasteiger partial charge in [0.15, 0.2) is 0 Å². The highest BCUT2D eigenvalue weighted by atomic mass is 32.2. The van der Waals surface area contributed by atoms with E-state index in [1.165, 1.54) is 10.5 Å². The van der Waals surface area contributed by atoms with Crippen molar-refractivity contribution in [3.63, 3.8) is 0 Å². The van der Waals surface area contributed by atoms with Gasteiger partial charge in [-0.25, -0.2) is 0 Å². The van der Waals surface area contributed by atoms with E-state index < -0.39 is 0 Å². The van der Waals surface area contributed by atoms with Crippen molar-refractivity contribution in [3.8, 4) is 0 Å². The third-order valence-electron chi connectivity index (χ3n) is 3.86. The number of nitrogens with two attached hydrogens (primary N) is 1. The zero-order chi connectivity index (χ0) is 15.0. The van der Waals surface area contributed by atoms with Crippen LogP contribution in [0.5, 0.6) is 0 Å². The van der Waals surface area contributed by atoms with Gasteiger partial charge in [-0.05, 0) is 30.7 Å². The van der Waals surface area contributed by atoms with Crippen LogP contribution in [-0.2, 0) is 6.54 Å². The lowest BCUT2D eigenvalue weighted by atomic mass is 10.0. The highest BCUT2D eigenvalue weighted by molar-refractivity contribution is 7.99. The molecule has 0 saturated carbocycles. The first kappa shape index (κ1) is 14.4. The van der Waals surface area contributed by atoms with Gasteiger partial charge in [-0.2, -0.15) is 0 Å². The van der Waals surface area contributed by atoms with Gasteiger partial charge in [0, 0.05) is 28.8 Å². The predicted molar refractivity (Wildman–Crippen MR) is 91.2 cm³/mol. The van der Waals surface area contributed by atoms with Crippen LogP contribution in [0.2, 0.25) is 0 Å². The molecule has 1 aliphatic heterocycles. The summed E-state index contributed by atoms with van der Waals surface area (Å²) in [5, 5.41) is 0. The number of thioether (sulfide) groups is 1. The molecule has 0 amide bonds. The van der Waals surface area contributed by atoms with Crippen LogP contribution in [-0.4, -0.2) is 15.3 Å². The molecule has 1 atom stereocenters. The van der Waals surface area contributed by atoms with E-state index >= 15 is 0 Å². The van der Waals surface area contributed by atoms with Gasteiger partial charge in [-0.1, -0.05) is 30.4 Å². The third kappa shape index (κ3) is 2.63. The fraction of sp³-hybridized carbons (Fsp3) is 0.250. The van der Waals surface area contributed by atoms with Crippen molar-refractivity contribution in [2.24, 2.45) is 5.73 Å². The zero-order valence-corrected chi connectivity index (χ0v) is 13.3. The second-order valence-electron chi connectivity index (χ2n) is 5.21. The molecular formula is C16H16N2OS2. The van der Waals surface area contributed by atoms with E-state index in [0.29, 0.717) is 18.0 Å². The number of fused-ring (bicyclic) bond motifs is 1. The summed E-state index contributed by atoms with van der Waals surface area (Å²) in [5.74, 6) is 1.35. The molecule has 21 heavy (non-hydrogen) atoms. The van der Waals surface area contributed by atoms with Gasteiger partial charge in [0.2, 0.25) is 0 Å². The standard InChI is InChI=1S/C16H16N2OS2/c1-10-6-7-13(15(17)20)16(19)18(10)8-11-9-21-14-5-3-2-4-12(11)14/h2-7,11H,8-9H2,1H3,(H2,17,20). The van der Waals surface area contributed by atoms with Crippen molar-refractivity contribution in [1.82, 2.24) is 4.57 Å². The van der Waals surface area contributed by atoms with E-state index in [1.54, 1.807) is 10.6 Å². The number of nitrogens with zero attached hydrogens (tertiary/aromatic N) is 1. The Kier molecular flexibility index (Phi) is 3.87. The van der Waals surface area contributed by atoms with Crippen LogP contribution in [0.25, 0.3) is 0 Å². The number of rotatable bonds is 3. The van der Waals surface area contributed by atoms with Crippen LogP contribution in [0.1, 0.15) is 22.7 Å². The van der Waals surface area contributed by atoms with Crippen molar-refractivity contribution >= 4 is 29.0 Å². The SMILES string of the molecule is Cc1ccc(C(N)=S)c(=O)n1CC1CSc2ccccc21.